The fourth-order valence-corrected chi connectivity index (χ4v) is 4.21. The van der Waals surface area contributed by atoms with E-state index in [-0.39, 0.29) is 17.0 Å². The highest BCUT2D eigenvalue weighted by Gasteiger charge is 2.41. The van der Waals surface area contributed by atoms with E-state index in [0.717, 1.165) is 28.2 Å². The first-order chi connectivity index (χ1) is 14.7. The first-order valence-electron chi connectivity index (χ1n) is 9.35. The second-order valence-corrected chi connectivity index (χ2v) is 8.11. The Bertz CT molecular complexity index is 1210. The van der Waals surface area contributed by atoms with E-state index in [4.69, 9.17) is 0 Å². The average Bonchev–Trinajstić information content (AvgIpc) is 3.30. The number of anilines is 2. The van der Waals surface area contributed by atoms with Crippen LogP contribution in [0.25, 0.3) is 5.57 Å². The Balaban J connectivity index is 1.80. The molecule has 31 heavy (non-hydrogen) atoms. The number of benzene rings is 2. The van der Waals surface area contributed by atoms with Gasteiger partial charge in [0.1, 0.15) is 5.70 Å². The number of amides is 2. The molecule has 1 aliphatic rings. The van der Waals surface area contributed by atoms with Crippen molar-refractivity contribution >= 4 is 40.1 Å². The molecule has 4 rings (SSSR count). The smallest absolute Gasteiger partial charge is 0.350 e. The lowest BCUT2D eigenvalue weighted by atomic mass is 10.1. The molecule has 1 aliphatic heterocycles. The number of hydrogen-bond acceptors (Lipinski definition) is 4. The van der Waals surface area contributed by atoms with Crippen molar-refractivity contribution < 1.29 is 22.8 Å². The summed E-state index contributed by atoms with van der Waals surface area (Å²) in [5.41, 5.74) is 1.66. The number of thiophene rings is 1. The molecular formula is C23H17F3N2O2S. The van der Waals surface area contributed by atoms with E-state index in [0.29, 0.717) is 10.6 Å². The maximum atomic E-state index is 13.3. The topological polar surface area (TPSA) is 49.4 Å². The fraction of sp³-hybridized carbons (Fsp3) is 0.130. The Morgan fingerprint density at radius 3 is 2.35 bits per heavy atom. The third kappa shape index (κ3) is 3.86. The van der Waals surface area contributed by atoms with E-state index in [1.54, 1.807) is 23.6 Å². The molecule has 2 aromatic carbocycles. The van der Waals surface area contributed by atoms with Crippen LogP contribution in [0.4, 0.5) is 24.5 Å². The van der Waals surface area contributed by atoms with Crippen molar-refractivity contribution in [3.8, 4) is 0 Å². The molecule has 1 N–H and O–H groups in total. The molecule has 0 fully saturated rings. The van der Waals surface area contributed by atoms with Crippen LogP contribution in [0.2, 0.25) is 0 Å². The molecular weight excluding hydrogens is 425 g/mol. The summed E-state index contributed by atoms with van der Waals surface area (Å²) in [5, 5.41) is 4.82. The SMILES string of the molecule is Cc1ccc(NC2=C(c3cccs3)C(=O)N(c3cccc(C(F)(F)F)c3)C2=O)c(C)c1. The molecule has 4 nitrogen and oxygen atoms in total. The van der Waals surface area contributed by atoms with Crippen molar-refractivity contribution in [3.63, 3.8) is 0 Å². The molecule has 2 amide bonds. The summed E-state index contributed by atoms with van der Waals surface area (Å²) in [6.45, 7) is 3.80. The second-order valence-electron chi connectivity index (χ2n) is 7.16. The van der Waals surface area contributed by atoms with Gasteiger partial charge in [-0.05, 0) is 55.1 Å². The van der Waals surface area contributed by atoms with Crippen molar-refractivity contribution in [2.75, 3.05) is 10.2 Å². The number of imide groups is 1. The highest BCUT2D eigenvalue weighted by Crippen LogP contribution is 2.38. The van der Waals surface area contributed by atoms with Gasteiger partial charge in [-0.1, -0.05) is 29.8 Å². The van der Waals surface area contributed by atoms with Crippen LogP contribution >= 0.6 is 11.3 Å². The first kappa shape index (κ1) is 20.9. The van der Waals surface area contributed by atoms with Crippen LogP contribution in [0, 0.1) is 13.8 Å². The van der Waals surface area contributed by atoms with Crippen LogP contribution in [0.3, 0.4) is 0 Å². The van der Waals surface area contributed by atoms with Gasteiger partial charge in [0.15, 0.2) is 0 Å². The van der Waals surface area contributed by atoms with Gasteiger partial charge in [0, 0.05) is 10.6 Å². The Morgan fingerprint density at radius 1 is 0.935 bits per heavy atom. The number of carbonyl (C=O) groups excluding carboxylic acids is 2. The molecule has 0 saturated heterocycles. The Morgan fingerprint density at radius 2 is 1.71 bits per heavy atom. The molecule has 0 aliphatic carbocycles. The molecule has 1 aromatic heterocycles. The van der Waals surface area contributed by atoms with Crippen molar-refractivity contribution in [3.05, 3.63) is 87.2 Å². The van der Waals surface area contributed by atoms with E-state index in [2.05, 4.69) is 5.32 Å². The number of halogens is 3. The quantitative estimate of drug-likeness (QED) is 0.521. The molecule has 0 bridgehead atoms. The molecule has 0 saturated carbocycles. The maximum Gasteiger partial charge on any atom is 0.416 e. The summed E-state index contributed by atoms with van der Waals surface area (Å²) in [4.78, 5) is 27.9. The lowest BCUT2D eigenvalue weighted by molar-refractivity contribution is -0.137. The van der Waals surface area contributed by atoms with Gasteiger partial charge in [0.25, 0.3) is 11.8 Å². The van der Waals surface area contributed by atoms with Crippen molar-refractivity contribution in [1.82, 2.24) is 0 Å². The van der Waals surface area contributed by atoms with Crippen LogP contribution in [0.5, 0.6) is 0 Å². The van der Waals surface area contributed by atoms with Gasteiger partial charge in [0.05, 0.1) is 16.8 Å². The number of nitrogens with one attached hydrogen (secondary N) is 1. The lowest BCUT2D eigenvalue weighted by Crippen LogP contribution is -2.32. The zero-order valence-electron chi connectivity index (χ0n) is 16.6. The Kier molecular flexibility index (Phi) is 5.18. The molecule has 2 heterocycles. The minimum Gasteiger partial charge on any atom is -0.350 e. The summed E-state index contributed by atoms with van der Waals surface area (Å²) in [5.74, 6) is -1.37. The van der Waals surface area contributed by atoms with Crippen molar-refractivity contribution in [2.24, 2.45) is 0 Å². The summed E-state index contributed by atoms with van der Waals surface area (Å²) in [7, 11) is 0. The van der Waals surface area contributed by atoms with E-state index in [1.165, 1.54) is 23.5 Å². The third-order valence-electron chi connectivity index (χ3n) is 4.92. The van der Waals surface area contributed by atoms with Gasteiger partial charge < -0.3 is 5.32 Å². The highest BCUT2D eigenvalue weighted by molar-refractivity contribution is 7.11. The minimum absolute atomic E-state index is 0.0387. The van der Waals surface area contributed by atoms with Gasteiger partial charge >= 0.3 is 6.18 Å². The van der Waals surface area contributed by atoms with Crippen molar-refractivity contribution in [2.45, 2.75) is 20.0 Å². The Hall–Kier alpha value is -3.39. The van der Waals surface area contributed by atoms with Crippen LogP contribution in [-0.2, 0) is 15.8 Å². The number of aryl methyl sites for hydroxylation is 2. The summed E-state index contributed by atoms with van der Waals surface area (Å²) < 4.78 is 39.5. The van der Waals surface area contributed by atoms with E-state index in [9.17, 15) is 22.8 Å². The normalized spacial score (nSPS) is 14.5. The lowest BCUT2D eigenvalue weighted by Gasteiger charge is -2.17. The summed E-state index contributed by atoms with van der Waals surface area (Å²) >= 11 is 1.27. The van der Waals surface area contributed by atoms with E-state index < -0.39 is 23.6 Å². The van der Waals surface area contributed by atoms with Gasteiger partial charge in [-0.15, -0.1) is 11.3 Å². The monoisotopic (exact) mass is 442 g/mol. The number of nitrogens with zero attached hydrogens (tertiary/aromatic N) is 1. The number of alkyl halides is 3. The zero-order chi connectivity index (χ0) is 22.3. The van der Waals surface area contributed by atoms with E-state index in [1.807, 2.05) is 26.0 Å². The predicted octanol–water partition coefficient (Wildman–Crippen LogP) is 5.78. The summed E-state index contributed by atoms with van der Waals surface area (Å²) in [6.07, 6.45) is -4.59. The number of hydrogen-bond donors (Lipinski definition) is 1. The van der Waals surface area contributed by atoms with Crippen molar-refractivity contribution in [1.29, 1.82) is 0 Å². The van der Waals surface area contributed by atoms with Gasteiger partial charge in [-0.3, -0.25) is 9.59 Å². The zero-order valence-corrected chi connectivity index (χ0v) is 17.4. The Labute approximate surface area is 180 Å². The molecule has 0 atom stereocenters. The first-order valence-corrected chi connectivity index (χ1v) is 10.2. The van der Waals surface area contributed by atoms with Gasteiger partial charge in [-0.25, -0.2) is 4.90 Å². The maximum absolute atomic E-state index is 13.3. The second kappa shape index (κ2) is 7.70. The molecule has 3 aromatic rings. The molecule has 0 unspecified atom stereocenters. The molecule has 0 spiro atoms. The fourth-order valence-electron chi connectivity index (χ4n) is 3.44. The van der Waals surface area contributed by atoms with Crippen LogP contribution in [0.15, 0.2) is 65.7 Å². The third-order valence-corrected chi connectivity index (χ3v) is 5.81. The number of carbonyl (C=O) groups is 2. The summed E-state index contributed by atoms with van der Waals surface area (Å²) in [6, 6.07) is 13.2. The molecule has 158 valence electrons. The van der Waals surface area contributed by atoms with Gasteiger partial charge in [-0.2, -0.15) is 13.2 Å². The predicted molar refractivity (Wildman–Crippen MR) is 115 cm³/mol. The van der Waals surface area contributed by atoms with E-state index >= 15 is 0 Å². The largest absolute Gasteiger partial charge is 0.416 e. The minimum atomic E-state index is -4.59. The molecule has 8 heteroatoms. The van der Waals surface area contributed by atoms with Crippen LogP contribution in [-0.4, -0.2) is 11.8 Å². The average molecular weight is 442 g/mol. The highest BCUT2D eigenvalue weighted by atomic mass is 32.1. The standard InChI is InChI=1S/C23H17F3N2O2S/c1-13-8-9-17(14(2)11-13)27-20-19(18-7-4-10-31-18)21(29)28(22(20)30)16-6-3-5-15(12-16)23(24,25)26/h3-12,27H,1-2H3. The van der Waals surface area contributed by atoms with Crippen LogP contribution < -0.4 is 10.2 Å². The van der Waals surface area contributed by atoms with Gasteiger partial charge in [0.2, 0.25) is 0 Å². The molecule has 0 radical (unpaired) electrons. The van der Waals surface area contributed by atoms with Crippen LogP contribution in [0.1, 0.15) is 21.6 Å². The number of rotatable bonds is 4.